The molecule has 7 heteroatoms. The van der Waals surface area contributed by atoms with Gasteiger partial charge in [0.25, 0.3) is 0 Å². The molecule has 4 nitrogen and oxygen atoms in total. The Morgan fingerprint density at radius 1 is 1.19 bits per heavy atom. The van der Waals surface area contributed by atoms with Crippen molar-refractivity contribution in [1.82, 2.24) is 15.0 Å². The van der Waals surface area contributed by atoms with E-state index >= 15 is 0 Å². The molecule has 0 aliphatic heterocycles. The highest BCUT2D eigenvalue weighted by atomic mass is 19.4. The number of alkyl halides is 3. The average Bonchev–Trinajstić information content (AvgIpc) is 3.50. The van der Waals surface area contributed by atoms with Gasteiger partial charge < -0.3 is 4.52 Å². The molecule has 2 aliphatic carbocycles. The normalized spacial score (nSPS) is 18.1. The smallest absolute Gasteiger partial charge is 0.338 e. The van der Waals surface area contributed by atoms with Gasteiger partial charge in [0.2, 0.25) is 5.89 Å². The molecule has 0 N–H and O–H groups in total. The van der Waals surface area contributed by atoms with Crippen LogP contribution in [0.4, 0.5) is 13.2 Å². The second kappa shape index (κ2) is 6.68. The Morgan fingerprint density at radius 3 is 2.50 bits per heavy atom. The molecule has 2 aliphatic rings. The van der Waals surface area contributed by atoms with E-state index in [1.165, 1.54) is 31.7 Å². The Morgan fingerprint density at radius 2 is 1.88 bits per heavy atom. The first-order chi connectivity index (χ1) is 12.4. The van der Waals surface area contributed by atoms with Crippen molar-refractivity contribution < 1.29 is 17.7 Å². The zero-order valence-corrected chi connectivity index (χ0v) is 14.7. The standard InChI is InChI=1S/C19H22F3N3O/c1-25(18(13-5-6-13)14-7-8-14)11-17-23-16(24-26-17)10-12-3-2-4-15(9-12)19(20,21)22/h2-4,9,13-14,18H,5-8,10-11H2,1H3. The quantitative estimate of drug-likeness (QED) is 0.734. The zero-order valence-electron chi connectivity index (χ0n) is 14.7. The maximum atomic E-state index is 12.8. The van der Waals surface area contributed by atoms with E-state index < -0.39 is 11.7 Å². The SMILES string of the molecule is CN(Cc1nc(Cc2cccc(C(F)(F)F)c2)no1)C(C1CC1)C1CC1. The van der Waals surface area contributed by atoms with Crippen molar-refractivity contribution in [2.24, 2.45) is 11.8 Å². The van der Waals surface area contributed by atoms with Crippen LogP contribution in [0.3, 0.4) is 0 Å². The average molecular weight is 365 g/mol. The summed E-state index contributed by atoms with van der Waals surface area (Å²) < 4.78 is 43.8. The van der Waals surface area contributed by atoms with Gasteiger partial charge in [-0.25, -0.2) is 0 Å². The van der Waals surface area contributed by atoms with Crippen LogP contribution < -0.4 is 0 Å². The van der Waals surface area contributed by atoms with Crippen LogP contribution in [-0.4, -0.2) is 28.1 Å². The summed E-state index contributed by atoms with van der Waals surface area (Å²) in [6.45, 7) is 0.591. The first-order valence-corrected chi connectivity index (χ1v) is 9.08. The minimum atomic E-state index is -4.35. The van der Waals surface area contributed by atoms with Crippen molar-refractivity contribution in [2.75, 3.05) is 7.05 Å². The number of aromatic nitrogens is 2. The number of hydrogen-bond donors (Lipinski definition) is 0. The van der Waals surface area contributed by atoms with E-state index in [0.717, 1.165) is 24.0 Å². The van der Waals surface area contributed by atoms with Gasteiger partial charge in [-0.2, -0.15) is 18.2 Å². The molecule has 0 saturated heterocycles. The maximum absolute atomic E-state index is 12.8. The van der Waals surface area contributed by atoms with Crippen LogP contribution >= 0.6 is 0 Å². The van der Waals surface area contributed by atoms with Crippen LogP contribution in [0.2, 0.25) is 0 Å². The van der Waals surface area contributed by atoms with Crippen molar-refractivity contribution in [3.63, 3.8) is 0 Å². The minimum Gasteiger partial charge on any atom is -0.338 e. The van der Waals surface area contributed by atoms with Gasteiger partial charge in [0.1, 0.15) is 0 Å². The third kappa shape index (κ3) is 4.09. The first kappa shape index (κ1) is 17.5. The van der Waals surface area contributed by atoms with Gasteiger partial charge in [-0.3, -0.25) is 4.90 Å². The van der Waals surface area contributed by atoms with Crippen LogP contribution in [-0.2, 0) is 19.1 Å². The molecule has 2 aromatic rings. The van der Waals surface area contributed by atoms with Gasteiger partial charge in [-0.15, -0.1) is 0 Å². The lowest BCUT2D eigenvalue weighted by Crippen LogP contribution is -2.35. The molecule has 0 bridgehead atoms. The highest BCUT2D eigenvalue weighted by molar-refractivity contribution is 5.27. The summed E-state index contributed by atoms with van der Waals surface area (Å²) in [5.74, 6) is 2.53. The number of hydrogen-bond acceptors (Lipinski definition) is 4. The Kier molecular flexibility index (Phi) is 4.50. The van der Waals surface area contributed by atoms with E-state index in [1.54, 1.807) is 6.07 Å². The van der Waals surface area contributed by atoms with Gasteiger partial charge in [0.15, 0.2) is 5.82 Å². The molecule has 0 spiro atoms. The van der Waals surface area contributed by atoms with E-state index in [0.29, 0.717) is 29.9 Å². The molecule has 4 rings (SSSR count). The van der Waals surface area contributed by atoms with Crippen LogP contribution in [0.25, 0.3) is 0 Å². The van der Waals surface area contributed by atoms with Crippen molar-refractivity contribution in [3.8, 4) is 0 Å². The van der Waals surface area contributed by atoms with E-state index in [1.807, 2.05) is 0 Å². The summed E-state index contributed by atoms with van der Waals surface area (Å²) in [4.78, 5) is 6.68. The monoisotopic (exact) mass is 365 g/mol. The molecule has 1 heterocycles. The molecule has 26 heavy (non-hydrogen) atoms. The van der Waals surface area contributed by atoms with Gasteiger partial charge in [-0.1, -0.05) is 23.4 Å². The predicted molar refractivity (Wildman–Crippen MR) is 89.3 cm³/mol. The molecule has 140 valence electrons. The van der Waals surface area contributed by atoms with Crippen LogP contribution in [0.5, 0.6) is 0 Å². The van der Waals surface area contributed by atoms with Crippen LogP contribution in [0, 0.1) is 11.8 Å². The molecule has 1 aromatic heterocycles. The largest absolute Gasteiger partial charge is 0.416 e. The van der Waals surface area contributed by atoms with E-state index in [4.69, 9.17) is 4.52 Å². The highest BCUT2D eigenvalue weighted by Crippen LogP contribution is 2.47. The zero-order chi connectivity index (χ0) is 18.3. The van der Waals surface area contributed by atoms with Gasteiger partial charge in [0, 0.05) is 12.5 Å². The predicted octanol–water partition coefficient (Wildman–Crippen LogP) is 4.30. The molecule has 2 fully saturated rings. The summed E-state index contributed by atoms with van der Waals surface area (Å²) in [5.41, 5.74) is -0.135. The summed E-state index contributed by atoms with van der Waals surface area (Å²) in [7, 11) is 2.10. The summed E-state index contributed by atoms with van der Waals surface area (Å²) in [6.07, 6.45) is 1.09. The van der Waals surface area contributed by atoms with Crippen molar-refractivity contribution in [2.45, 2.75) is 50.9 Å². The molecule has 2 saturated carbocycles. The second-order valence-electron chi connectivity index (χ2n) is 7.56. The number of rotatable bonds is 7. The Balaban J connectivity index is 1.40. The minimum absolute atomic E-state index is 0.228. The third-order valence-electron chi connectivity index (χ3n) is 5.23. The number of benzene rings is 1. The van der Waals surface area contributed by atoms with Crippen molar-refractivity contribution in [3.05, 3.63) is 47.1 Å². The Labute approximate surface area is 150 Å². The van der Waals surface area contributed by atoms with Crippen LogP contribution in [0.15, 0.2) is 28.8 Å². The third-order valence-corrected chi connectivity index (χ3v) is 5.23. The Hall–Kier alpha value is -1.89. The molecule has 0 atom stereocenters. The lowest BCUT2D eigenvalue weighted by Gasteiger charge is -2.26. The van der Waals surface area contributed by atoms with Crippen LogP contribution in [0.1, 0.15) is 48.5 Å². The van der Waals surface area contributed by atoms with E-state index in [-0.39, 0.29) is 6.42 Å². The fourth-order valence-electron chi connectivity index (χ4n) is 3.77. The lowest BCUT2D eigenvalue weighted by molar-refractivity contribution is -0.137. The summed E-state index contributed by atoms with van der Waals surface area (Å²) >= 11 is 0. The van der Waals surface area contributed by atoms with E-state index in [9.17, 15) is 13.2 Å². The fraction of sp³-hybridized carbons (Fsp3) is 0.579. The molecule has 0 radical (unpaired) electrons. The molecule has 0 amide bonds. The number of nitrogens with zero attached hydrogens (tertiary/aromatic N) is 3. The van der Waals surface area contributed by atoms with Crippen molar-refractivity contribution >= 4 is 0 Å². The summed E-state index contributed by atoms with van der Waals surface area (Å²) in [6, 6.07) is 5.85. The first-order valence-electron chi connectivity index (χ1n) is 9.08. The fourth-order valence-corrected chi connectivity index (χ4v) is 3.77. The topological polar surface area (TPSA) is 42.2 Å². The maximum Gasteiger partial charge on any atom is 0.416 e. The van der Waals surface area contributed by atoms with Crippen molar-refractivity contribution in [1.29, 1.82) is 0 Å². The highest BCUT2D eigenvalue weighted by Gasteiger charge is 2.43. The molecule has 0 unspecified atom stereocenters. The lowest BCUT2D eigenvalue weighted by atomic mass is 10.1. The summed E-state index contributed by atoms with van der Waals surface area (Å²) in [5, 5.41) is 3.94. The van der Waals surface area contributed by atoms with Gasteiger partial charge in [-0.05, 0) is 56.2 Å². The molecule has 1 aromatic carbocycles. The molecular formula is C19H22F3N3O. The molecular weight excluding hydrogens is 343 g/mol. The van der Waals surface area contributed by atoms with E-state index in [2.05, 4.69) is 22.1 Å². The van der Waals surface area contributed by atoms with Gasteiger partial charge >= 0.3 is 6.18 Å². The Bertz CT molecular complexity index is 753. The number of halogens is 3. The van der Waals surface area contributed by atoms with Gasteiger partial charge in [0.05, 0.1) is 12.1 Å². The second-order valence-corrected chi connectivity index (χ2v) is 7.56.